The molecule has 2 aromatic heterocycles. The molecule has 3 aliphatic heterocycles. The lowest BCUT2D eigenvalue weighted by Gasteiger charge is -2.28. The van der Waals surface area contributed by atoms with Crippen molar-refractivity contribution in [2.24, 2.45) is 28.9 Å². The van der Waals surface area contributed by atoms with Gasteiger partial charge in [-0.2, -0.15) is 0 Å². The molecular weight excluding hydrogens is 516 g/mol. The number of piperidine rings is 1. The standard InChI is InChI=1S/C26H32N10O4/c1-4-18(37)12-35-24(39)21-22(33(3)26(35)40)30-13-36(21)14(2)23(38)32-20-9-27-8-19(31-20)17-6-28-25(29-7-17)34-10-15-5-16(15)11-34/h6,8-9,13-16,20,31H,4-5,7,10-12H2,1-3H3,(H,28,29)(H,32,38)/t14-,15?,16?,20?/m0/s1. The van der Waals surface area contributed by atoms with Gasteiger partial charge in [-0.1, -0.05) is 6.92 Å². The van der Waals surface area contributed by atoms with Gasteiger partial charge >= 0.3 is 5.69 Å². The molecule has 1 saturated carbocycles. The zero-order chi connectivity index (χ0) is 28.1. The number of hydrogen-bond donors (Lipinski definition) is 3. The van der Waals surface area contributed by atoms with Gasteiger partial charge in [0.25, 0.3) is 5.56 Å². The number of likely N-dealkylation sites (tertiary alicyclic amines) is 1. The van der Waals surface area contributed by atoms with Crippen molar-refractivity contribution in [2.75, 3.05) is 19.6 Å². The van der Waals surface area contributed by atoms with Crippen molar-refractivity contribution in [2.45, 2.75) is 45.4 Å². The number of nitrogens with zero attached hydrogens (tertiary/aromatic N) is 7. The van der Waals surface area contributed by atoms with Crippen molar-refractivity contribution in [1.29, 1.82) is 0 Å². The van der Waals surface area contributed by atoms with Crippen molar-refractivity contribution in [1.82, 2.24) is 39.5 Å². The van der Waals surface area contributed by atoms with Crippen molar-refractivity contribution >= 4 is 35.0 Å². The number of carbonyl (C=O) groups excluding carboxylic acids is 2. The lowest BCUT2D eigenvalue weighted by atomic mass is 10.1. The zero-order valence-electron chi connectivity index (χ0n) is 22.6. The Hall–Kier alpha value is -4.49. The molecule has 1 aliphatic carbocycles. The van der Waals surface area contributed by atoms with Gasteiger partial charge in [-0.3, -0.25) is 28.5 Å². The van der Waals surface area contributed by atoms with E-state index in [-0.39, 0.29) is 29.9 Å². The lowest BCUT2D eigenvalue weighted by molar-refractivity contribution is -0.124. The molecule has 14 nitrogen and oxygen atoms in total. The molecule has 40 heavy (non-hydrogen) atoms. The number of fused-ring (bicyclic) bond motifs is 2. The molecule has 3 N–H and O–H groups in total. The predicted molar refractivity (Wildman–Crippen MR) is 148 cm³/mol. The Morgan fingerprint density at radius 1 is 1.20 bits per heavy atom. The smallest absolute Gasteiger partial charge is 0.332 e. The van der Waals surface area contributed by atoms with E-state index in [1.165, 1.54) is 28.9 Å². The number of aliphatic imine (C=N–C) groups is 2. The summed E-state index contributed by atoms with van der Waals surface area (Å²) < 4.78 is 3.51. The number of rotatable bonds is 7. The van der Waals surface area contributed by atoms with E-state index in [0.29, 0.717) is 6.54 Å². The minimum atomic E-state index is -0.843. The minimum Gasteiger partial charge on any atom is -0.359 e. The summed E-state index contributed by atoms with van der Waals surface area (Å²) in [6, 6.07) is -0.843. The third kappa shape index (κ3) is 4.52. The molecule has 0 spiro atoms. The molecule has 6 rings (SSSR count). The fourth-order valence-corrected chi connectivity index (χ4v) is 5.44. The highest BCUT2D eigenvalue weighted by Crippen LogP contribution is 2.44. The fourth-order valence-electron chi connectivity index (χ4n) is 5.44. The number of aromatic nitrogens is 4. The first kappa shape index (κ1) is 25.8. The van der Waals surface area contributed by atoms with E-state index in [1.54, 1.807) is 26.3 Å². The van der Waals surface area contributed by atoms with Crippen LogP contribution in [0, 0.1) is 11.8 Å². The topological polar surface area (TPSA) is 160 Å². The van der Waals surface area contributed by atoms with Crippen LogP contribution in [-0.4, -0.2) is 73.2 Å². The molecule has 14 heteroatoms. The zero-order valence-corrected chi connectivity index (χ0v) is 22.6. The highest BCUT2D eigenvalue weighted by molar-refractivity contribution is 5.86. The predicted octanol–water partition coefficient (Wildman–Crippen LogP) is -0.811. The van der Waals surface area contributed by atoms with Gasteiger partial charge in [0, 0.05) is 51.1 Å². The van der Waals surface area contributed by atoms with E-state index in [0.717, 1.165) is 46.7 Å². The minimum absolute atomic E-state index is 0.0712. The third-order valence-electron chi connectivity index (χ3n) is 8.03. The summed E-state index contributed by atoms with van der Waals surface area (Å²) in [5.41, 5.74) is 0.570. The first-order valence-corrected chi connectivity index (χ1v) is 13.5. The number of imidazole rings is 1. The van der Waals surface area contributed by atoms with E-state index in [9.17, 15) is 19.2 Å². The van der Waals surface area contributed by atoms with Crippen LogP contribution in [0.4, 0.5) is 0 Å². The Balaban J connectivity index is 1.16. The van der Waals surface area contributed by atoms with E-state index >= 15 is 0 Å². The fraction of sp³-hybridized carbons (Fsp3) is 0.500. The number of hydrogen-bond acceptors (Lipinski definition) is 10. The van der Waals surface area contributed by atoms with Gasteiger partial charge in [-0.05, 0) is 25.2 Å². The molecule has 2 aromatic rings. The number of carbonyl (C=O) groups is 2. The van der Waals surface area contributed by atoms with E-state index < -0.39 is 29.4 Å². The van der Waals surface area contributed by atoms with Crippen LogP contribution in [0.2, 0.25) is 0 Å². The van der Waals surface area contributed by atoms with Crippen LogP contribution in [0.3, 0.4) is 0 Å². The van der Waals surface area contributed by atoms with Crippen LogP contribution in [0.1, 0.15) is 32.7 Å². The molecule has 1 saturated heterocycles. The van der Waals surface area contributed by atoms with Crippen LogP contribution in [0.15, 0.2) is 49.6 Å². The van der Waals surface area contributed by atoms with Gasteiger partial charge in [-0.25, -0.2) is 14.8 Å². The molecule has 5 heterocycles. The number of aryl methyl sites for hydroxylation is 1. The second-order valence-corrected chi connectivity index (χ2v) is 10.7. The molecule has 210 valence electrons. The summed E-state index contributed by atoms with van der Waals surface area (Å²) in [7, 11) is 1.48. The molecular formula is C26H32N10O4. The van der Waals surface area contributed by atoms with Crippen molar-refractivity contribution in [3.05, 3.63) is 50.8 Å². The normalized spacial score (nSPS) is 23.9. The first-order valence-electron chi connectivity index (χ1n) is 13.5. The van der Waals surface area contributed by atoms with Gasteiger partial charge in [0.05, 0.1) is 24.8 Å². The van der Waals surface area contributed by atoms with Crippen LogP contribution in [0.5, 0.6) is 0 Å². The second-order valence-electron chi connectivity index (χ2n) is 10.7. The number of amides is 1. The largest absolute Gasteiger partial charge is 0.359 e. The lowest BCUT2D eigenvalue weighted by Crippen LogP contribution is -2.50. The number of nitrogens with one attached hydrogen (secondary N) is 3. The van der Waals surface area contributed by atoms with E-state index in [1.807, 2.05) is 6.20 Å². The Labute approximate surface area is 229 Å². The van der Waals surface area contributed by atoms with E-state index in [2.05, 4.69) is 35.8 Å². The van der Waals surface area contributed by atoms with Gasteiger partial charge in [0.2, 0.25) is 5.91 Å². The van der Waals surface area contributed by atoms with Crippen LogP contribution >= 0.6 is 0 Å². The molecule has 2 fully saturated rings. The summed E-state index contributed by atoms with van der Waals surface area (Å²) >= 11 is 0. The van der Waals surface area contributed by atoms with Crippen molar-refractivity contribution < 1.29 is 9.59 Å². The monoisotopic (exact) mass is 548 g/mol. The maximum atomic E-state index is 13.3. The SMILES string of the molecule is CCC(=O)Cn1c(=O)c2c(ncn2[C@@H](C)C(=O)NC2C=NC=C(C3=CN=C(N4CC5CC5C4)NC3)N2)n(C)c1=O. The van der Waals surface area contributed by atoms with Gasteiger partial charge in [-0.15, -0.1) is 0 Å². The molecule has 0 radical (unpaired) electrons. The van der Waals surface area contributed by atoms with Gasteiger partial charge in [0.1, 0.15) is 12.2 Å². The Morgan fingerprint density at radius 2 is 1.98 bits per heavy atom. The molecule has 0 bridgehead atoms. The van der Waals surface area contributed by atoms with E-state index in [4.69, 9.17) is 0 Å². The molecule has 1 amide bonds. The van der Waals surface area contributed by atoms with Gasteiger partial charge < -0.3 is 25.4 Å². The van der Waals surface area contributed by atoms with Crippen molar-refractivity contribution in [3.8, 4) is 0 Å². The van der Waals surface area contributed by atoms with Gasteiger partial charge in [0.15, 0.2) is 22.9 Å². The molecule has 0 aromatic carbocycles. The summed E-state index contributed by atoms with van der Waals surface area (Å²) in [5, 5.41) is 9.56. The second kappa shape index (κ2) is 9.92. The summed E-state index contributed by atoms with van der Waals surface area (Å²) in [6.07, 6.45) is 7.38. The van der Waals surface area contributed by atoms with Crippen LogP contribution in [-0.2, 0) is 23.2 Å². The number of ketones is 1. The molecule has 4 aliphatic rings. The molecule has 4 atom stereocenters. The Morgan fingerprint density at radius 3 is 2.67 bits per heavy atom. The third-order valence-corrected chi connectivity index (χ3v) is 8.03. The van der Waals surface area contributed by atoms with Crippen molar-refractivity contribution in [3.63, 3.8) is 0 Å². The maximum absolute atomic E-state index is 13.3. The summed E-state index contributed by atoms with van der Waals surface area (Å²) in [5.74, 6) is 1.89. The number of Topliss-reactive ketones (excluding diaryl/α,β-unsaturated/α-hetero) is 1. The average molecular weight is 549 g/mol. The summed E-state index contributed by atoms with van der Waals surface area (Å²) in [4.78, 5) is 66.6. The van der Waals surface area contributed by atoms with Crippen LogP contribution < -0.4 is 27.2 Å². The summed E-state index contributed by atoms with van der Waals surface area (Å²) in [6.45, 7) is 5.66. The average Bonchev–Trinajstić information content (AvgIpc) is 3.35. The highest BCUT2D eigenvalue weighted by atomic mass is 16.2. The first-order chi connectivity index (χ1) is 19.2. The highest BCUT2D eigenvalue weighted by Gasteiger charge is 2.46. The Kier molecular flexibility index (Phi) is 6.39. The maximum Gasteiger partial charge on any atom is 0.332 e. The Bertz CT molecular complexity index is 1630. The number of guanidine groups is 1. The molecule has 3 unspecified atom stereocenters. The van der Waals surface area contributed by atoms with Crippen LogP contribution in [0.25, 0.3) is 11.2 Å². The quantitative estimate of drug-likeness (QED) is 0.405.